The molecule has 0 amide bonds. The maximum atomic E-state index is 13.3. The van der Waals surface area contributed by atoms with Gasteiger partial charge in [0, 0.05) is 18.2 Å². The first kappa shape index (κ1) is 16.4. The number of anilines is 1. The van der Waals surface area contributed by atoms with E-state index in [0.717, 1.165) is 23.9 Å². The molecule has 5 N–H and O–H groups in total. The number of aromatic carboxylic acids is 1. The molecular weight excluding hydrogens is 289 g/mol. The minimum Gasteiger partial charge on any atom is -0.478 e. The van der Waals surface area contributed by atoms with Gasteiger partial charge in [0.05, 0.1) is 17.4 Å². The molecule has 8 heteroatoms. The largest absolute Gasteiger partial charge is 0.478 e. The highest BCUT2D eigenvalue weighted by Gasteiger charge is 2.25. The zero-order chi connectivity index (χ0) is 15.4. The Morgan fingerprint density at radius 1 is 1.40 bits per heavy atom. The van der Waals surface area contributed by atoms with Crippen LogP contribution in [-0.2, 0) is 4.79 Å². The molecule has 0 aromatic heterocycles. The highest BCUT2D eigenvalue weighted by Crippen LogP contribution is 2.29. The SMILES string of the molecule is CC(=O)SCC(O)C(O)c1cc(F)cc(C(=O)O)c1N. The topological polar surface area (TPSA) is 121 Å². The van der Waals surface area contributed by atoms with Gasteiger partial charge in [-0.3, -0.25) is 4.79 Å². The molecule has 20 heavy (non-hydrogen) atoms. The first-order valence-electron chi connectivity index (χ1n) is 5.55. The van der Waals surface area contributed by atoms with Gasteiger partial charge in [0.2, 0.25) is 0 Å². The van der Waals surface area contributed by atoms with Gasteiger partial charge in [0.1, 0.15) is 11.9 Å². The number of carboxylic acids is 1. The van der Waals surface area contributed by atoms with Gasteiger partial charge < -0.3 is 21.1 Å². The molecule has 0 saturated heterocycles. The minimum absolute atomic E-state index is 0.116. The first-order chi connectivity index (χ1) is 9.23. The van der Waals surface area contributed by atoms with E-state index in [9.17, 15) is 24.2 Å². The van der Waals surface area contributed by atoms with Crippen LogP contribution in [0.3, 0.4) is 0 Å². The summed E-state index contributed by atoms with van der Waals surface area (Å²) in [6.45, 7) is 1.29. The summed E-state index contributed by atoms with van der Waals surface area (Å²) in [6, 6.07) is 1.58. The lowest BCUT2D eigenvalue weighted by Gasteiger charge is -2.20. The molecule has 0 heterocycles. The van der Waals surface area contributed by atoms with Crippen molar-refractivity contribution in [3.05, 3.63) is 29.1 Å². The summed E-state index contributed by atoms with van der Waals surface area (Å²) in [4.78, 5) is 21.7. The second-order valence-corrected chi connectivity index (χ2v) is 5.27. The Kier molecular flexibility index (Phi) is 5.49. The van der Waals surface area contributed by atoms with Gasteiger partial charge in [-0.25, -0.2) is 9.18 Å². The van der Waals surface area contributed by atoms with Crippen molar-refractivity contribution in [1.82, 2.24) is 0 Å². The molecule has 2 unspecified atom stereocenters. The Labute approximate surface area is 118 Å². The Morgan fingerprint density at radius 2 is 2.00 bits per heavy atom. The summed E-state index contributed by atoms with van der Waals surface area (Å²) in [5.74, 6) is -2.45. The lowest BCUT2D eigenvalue weighted by atomic mass is 9.99. The van der Waals surface area contributed by atoms with Crippen molar-refractivity contribution in [3.63, 3.8) is 0 Å². The molecule has 0 fully saturated rings. The van der Waals surface area contributed by atoms with Crippen molar-refractivity contribution >= 4 is 28.5 Å². The van der Waals surface area contributed by atoms with Gasteiger partial charge in [-0.2, -0.15) is 0 Å². The molecule has 0 aliphatic rings. The van der Waals surface area contributed by atoms with Crippen LogP contribution in [0, 0.1) is 5.82 Å². The molecular formula is C12H14FNO5S. The Bertz CT molecular complexity index is 537. The third-order valence-electron chi connectivity index (χ3n) is 2.55. The number of carbonyl (C=O) groups is 2. The first-order valence-corrected chi connectivity index (χ1v) is 6.54. The molecule has 2 atom stereocenters. The van der Waals surface area contributed by atoms with Crippen LogP contribution in [0.5, 0.6) is 0 Å². The zero-order valence-electron chi connectivity index (χ0n) is 10.5. The maximum absolute atomic E-state index is 13.3. The summed E-state index contributed by atoms with van der Waals surface area (Å²) in [6.07, 6.45) is -2.97. The van der Waals surface area contributed by atoms with Crippen LogP contribution in [0.4, 0.5) is 10.1 Å². The van der Waals surface area contributed by atoms with E-state index in [4.69, 9.17) is 10.8 Å². The van der Waals surface area contributed by atoms with Crippen LogP contribution in [-0.4, -0.2) is 38.3 Å². The summed E-state index contributed by atoms with van der Waals surface area (Å²) in [5.41, 5.74) is 4.52. The van der Waals surface area contributed by atoms with Crippen LogP contribution < -0.4 is 5.73 Å². The number of halogens is 1. The lowest BCUT2D eigenvalue weighted by molar-refractivity contribution is -0.109. The normalized spacial score (nSPS) is 13.8. The quantitative estimate of drug-likeness (QED) is 0.593. The molecule has 0 aliphatic heterocycles. The summed E-state index contributed by atoms with van der Waals surface area (Å²) < 4.78 is 13.3. The predicted octanol–water partition coefficient (Wildman–Crippen LogP) is 0.780. The highest BCUT2D eigenvalue weighted by molar-refractivity contribution is 8.13. The number of benzene rings is 1. The van der Waals surface area contributed by atoms with Crippen molar-refractivity contribution in [3.8, 4) is 0 Å². The predicted molar refractivity (Wildman–Crippen MR) is 71.9 cm³/mol. The van der Waals surface area contributed by atoms with Gasteiger partial charge in [-0.05, 0) is 12.1 Å². The molecule has 0 bridgehead atoms. The van der Waals surface area contributed by atoms with Crippen molar-refractivity contribution in [1.29, 1.82) is 0 Å². The third-order valence-corrected chi connectivity index (χ3v) is 3.46. The minimum atomic E-state index is -1.59. The van der Waals surface area contributed by atoms with Gasteiger partial charge >= 0.3 is 5.97 Å². The number of aliphatic hydroxyl groups is 2. The van der Waals surface area contributed by atoms with Gasteiger partial charge in [0.25, 0.3) is 0 Å². The van der Waals surface area contributed by atoms with Crippen molar-refractivity contribution in [2.75, 3.05) is 11.5 Å². The molecule has 0 spiro atoms. The fourth-order valence-electron chi connectivity index (χ4n) is 1.56. The Hall–Kier alpha value is -1.64. The highest BCUT2D eigenvalue weighted by atomic mass is 32.2. The van der Waals surface area contributed by atoms with E-state index in [2.05, 4.69) is 0 Å². The van der Waals surface area contributed by atoms with Crippen LogP contribution in [0.2, 0.25) is 0 Å². The molecule has 0 radical (unpaired) electrons. The fraction of sp³-hybridized carbons (Fsp3) is 0.333. The van der Waals surface area contributed by atoms with Crippen LogP contribution in [0.15, 0.2) is 12.1 Å². The number of nitrogen functional groups attached to an aromatic ring is 1. The van der Waals surface area contributed by atoms with E-state index in [1.165, 1.54) is 6.92 Å². The monoisotopic (exact) mass is 303 g/mol. The molecule has 1 aromatic rings. The number of nitrogens with two attached hydrogens (primary N) is 1. The van der Waals surface area contributed by atoms with E-state index in [0.29, 0.717) is 0 Å². The van der Waals surface area contributed by atoms with Crippen LogP contribution >= 0.6 is 11.8 Å². The lowest BCUT2D eigenvalue weighted by Crippen LogP contribution is -2.23. The van der Waals surface area contributed by atoms with Gasteiger partial charge in [0.15, 0.2) is 5.12 Å². The number of rotatable bonds is 5. The Morgan fingerprint density at radius 3 is 2.50 bits per heavy atom. The summed E-state index contributed by atoms with van der Waals surface area (Å²) in [7, 11) is 0. The molecule has 0 aliphatic carbocycles. The Balaban J connectivity index is 3.06. The van der Waals surface area contributed by atoms with Gasteiger partial charge in [-0.15, -0.1) is 0 Å². The average Bonchev–Trinajstić information content (AvgIpc) is 2.36. The number of aliphatic hydroxyl groups excluding tert-OH is 2. The second-order valence-electron chi connectivity index (χ2n) is 4.08. The van der Waals surface area contributed by atoms with E-state index in [-0.39, 0.29) is 22.1 Å². The smallest absolute Gasteiger partial charge is 0.337 e. The fourth-order valence-corrected chi connectivity index (χ4v) is 2.15. The van der Waals surface area contributed by atoms with E-state index >= 15 is 0 Å². The van der Waals surface area contributed by atoms with E-state index < -0.39 is 29.6 Å². The van der Waals surface area contributed by atoms with Crippen LogP contribution in [0.25, 0.3) is 0 Å². The van der Waals surface area contributed by atoms with Crippen molar-refractivity contribution < 1.29 is 29.3 Å². The summed E-state index contributed by atoms with van der Waals surface area (Å²) in [5, 5.41) is 28.2. The van der Waals surface area contributed by atoms with E-state index in [1.54, 1.807) is 0 Å². The number of carboxylic acid groups (broad SMARTS) is 1. The number of hydrogen-bond donors (Lipinski definition) is 4. The average molecular weight is 303 g/mol. The third kappa shape index (κ3) is 3.92. The number of thioether (sulfide) groups is 1. The number of hydrogen-bond acceptors (Lipinski definition) is 6. The standard InChI is InChI=1S/C12H14FNO5S/c1-5(15)20-4-9(16)11(17)7-2-6(13)3-8(10(7)14)12(18)19/h2-3,9,11,16-17H,4,14H2,1H3,(H,18,19). The van der Waals surface area contributed by atoms with Crippen molar-refractivity contribution in [2.45, 2.75) is 19.1 Å². The van der Waals surface area contributed by atoms with Gasteiger partial charge in [-0.1, -0.05) is 11.8 Å². The van der Waals surface area contributed by atoms with Crippen LogP contribution in [0.1, 0.15) is 28.9 Å². The summed E-state index contributed by atoms with van der Waals surface area (Å²) >= 11 is 0.783. The second kappa shape index (κ2) is 6.69. The number of carbonyl (C=O) groups excluding carboxylic acids is 1. The molecule has 1 aromatic carbocycles. The molecule has 6 nitrogen and oxygen atoms in total. The molecule has 110 valence electrons. The zero-order valence-corrected chi connectivity index (χ0v) is 11.4. The molecule has 1 rings (SSSR count). The molecule has 0 saturated carbocycles. The maximum Gasteiger partial charge on any atom is 0.337 e. The van der Waals surface area contributed by atoms with E-state index in [1.807, 2.05) is 0 Å². The van der Waals surface area contributed by atoms with Crippen molar-refractivity contribution in [2.24, 2.45) is 0 Å².